The quantitative estimate of drug-likeness (QED) is 0.491. The molecule has 0 aliphatic carbocycles. The van der Waals surface area contributed by atoms with Crippen molar-refractivity contribution >= 4 is 11.6 Å². The molecule has 0 aromatic heterocycles. The lowest BCUT2D eigenvalue weighted by atomic mass is 10.1. The number of nitrogens with two attached hydrogens (primary N) is 1. The van der Waals surface area contributed by atoms with Crippen molar-refractivity contribution < 1.29 is 0 Å². The van der Waals surface area contributed by atoms with E-state index >= 15 is 0 Å². The number of guanidine groups is 1. The van der Waals surface area contributed by atoms with Crippen molar-refractivity contribution in [2.24, 2.45) is 10.7 Å². The van der Waals surface area contributed by atoms with Gasteiger partial charge in [-0.1, -0.05) is 24.3 Å². The third-order valence-corrected chi connectivity index (χ3v) is 3.54. The lowest BCUT2D eigenvalue weighted by Crippen LogP contribution is -2.32. The molecule has 1 aliphatic heterocycles. The van der Waals surface area contributed by atoms with Crippen LogP contribution in [0.3, 0.4) is 0 Å². The predicted molar refractivity (Wildman–Crippen MR) is 86.0 cm³/mol. The highest BCUT2D eigenvalue weighted by Gasteiger charge is 2.13. The fourth-order valence-electron chi connectivity index (χ4n) is 2.49. The van der Waals surface area contributed by atoms with E-state index in [1.807, 2.05) is 0 Å². The van der Waals surface area contributed by atoms with Crippen LogP contribution in [0.5, 0.6) is 0 Å². The molecule has 0 radical (unpaired) electrons. The van der Waals surface area contributed by atoms with Crippen LogP contribution in [-0.2, 0) is 6.54 Å². The lowest BCUT2D eigenvalue weighted by molar-refractivity contribution is 0.576. The van der Waals surface area contributed by atoms with E-state index in [-0.39, 0.29) is 0 Å². The minimum absolute atomic E-state index is 0.471. The Labute approximate surface area is 121 Å². The van der Waals surface area contributed by atoms with Crippen molar-refractivity contribution in [1.82, 2.24) is 5.32 Å². The van der Waals surface area contributed by atoms with Crippen LogP contribution < -0.4 is 16.0 Å². The molecule has 1 aromatic rings. The summed E-state index contributed by atoms with van der Waals surface area (Å²) in [5.74, 6) is 0.471. The number of hydrogen-bond acceptors (Lipinski definition) is 2. The van der Waals surface area contributed by atoms with Gasteiger partial charge in [0.2, 0.25) is 0 Å². The van der Waals surface area contributed by atoms with Crippen molar-refractivity contribution in [1.29, 1.82) is 0 Å². The van der Waals surface area contributed by atoms with E-state index in [0.717, 1.165) is 13.1 Å². The van der Waals surface area contributed by atoms with Crippen molar-refractivity contribution in [3.63, 3.8) is 0 Å². The number of nitrogens with one attached hydrogen (secondary N) is 1. The zero-order valence-corrected chi connectivity index (χ0v) is 12.0. The van der Waals surface area contributed by atoms with Gasteiger partial charge in [0.05, 0.1) is 6.54 Å². The van der Waals surface area contributed by atoms with Crippen LogP contribution in [0.15, 0.2) is 41.9 Å². The van der Waals surface area contributed by atoms with Crippen molar-refractivity contribution in [3.8, 4) is 0 Å². The first kappa shape index (κ1) is 14.4. The molecular weight excluding hydrogens is 248 g/mol. The molecule has 0 spiro atoms. The Bertz CT molecular complexity index is 461. The minimum atomic E-state index is 0.471. The molecule has 2 rings (SSSR count). The van der Waals surface area contributed by atoms with Gasteiger partial charge in [-0.25, -0.2) is 4.99 Å². The molecule has 1 heterocycles. The molecular formula is C16H24N4. The van der Waals surface area contributed by atoms with E-state index in [4.69, 9.17) is 5.73 Å². The summed E-state index contributed by atoms with van der Waals surface area (Å²) in [6.07, 6.45) is 5.67. The zero-order chi connectivity index (χ0) is 14.2. The maximum absolute atomic E-state index is 5.81. The van der Waals surface area contributed by atoms with E-state index in [1.165, 1.54) is 30.5 Å². The van der Waals surface area contributed by atoms with Gasteiger partial charge in [0.25, 0.3) is 0 Å². The van der Waals surface area contributed by atoms with E-state index < -0.39 is 0 Å². The maximum atomic E-state index is 5.81. The number of benzene rings is 1. The molecule has 0 bridgehead atoms. The van der Waals surface area contributed by atoms with Gasteiger partial charge in [0.15, 0.2) is 5.96 Å². The summed E-state index contributed by atoms with van der Waals surface area (Å²) in [6, 6.07) is 8.47. The number of para-hydroxylation sites is 1. The van der Waals surface area contributed by atoms with Crippen LogP contribution in [0.25, 0.3) is 0 Å². The Morgan fingerprint density at radius 3 is 2.80 bits per heavy atom. The van der Waals surface area contributed by atoms with Gasteiger partial charge in [-0.2, -0.15) is 0 Å². The summed E-state index contributed by atoms with van der Waals surface area (Å²) in [5, 5.41) is 3.00. The molecule has 20 heavy (non-hydrogen) atoms. The monoisotopic (exact) mass is 272 g/mol. The molecule has 108 valence electrons. The molecule has 1 aromatic carbocycles. The number of aliphatic imine (C=N–C) groups is 1. The second kappa shape index (κ2) is 7.58. The first-order chi connectivity index (χ1) is 9.81. The van der Waals surface area contributed by atoms with E-state index in [9.17, 15) is 0 Å². The summed E-state index contributed by atoms with van der Waals surface area (Å²) in [5.41, 5.74) is 8.35. The highest BCUT2D eigenvalue weighted by atomic mass is 15.1. The Kier molecular flexibility index (Phi) is 5.47. The predicted octanol–water partition coefficient (Wildman–Crippen LogP) is 2.27. The fraction of sp³-hybridized carbons (Fsp3) is 0.438. The molecule has 0 unspecified atom stereocenters. The van der Waals surface area contributed by atoms with E-state index in [0.29, 0.717) is 19.0 Å². The number of piperidine rings is 1. The van der Waals surface area contributed by atoms with Crippen molar-refractivity contribution in [2.45, 2.75) is 25.8 Å². The summed E-state index contributed by atoms with van der Waals surface area (Å²) >= 11 is 0. The molecule has 1 fully saturated rings. The third kappa shape index (κ3) is 4.02. The topological polar surface area (TPSA) is 53.6 Å². The van der Waals surface area contributed by atoms with Crippen molar-refractivity contribution in [3.05, 3.63) is 42.5 Å². The van der Waals surface area contributed by atoms with Crippen LogP contribution in [0.1, 0.15) is 24.8 Å². The largest absolute Gasteiger partial charge is 0.371 e. The van der Waals surface area contributed by atoms with Gasteiger partial charge >= 0.3 is 0 Å². The smallest absolute Gasteiger partial charge is 0.189 e. The third-order valence-electron chi connectivity index (χ3n) is 3.54. The van der Waals surface area contributed by atoms with Crippen LogP contribution in [0, 0.1) is 0 Å². The minimum Gasteiger partial charge on any atom is -0.371 e. The number of rotatable bonds is 5. The summed E-state index contributed by atoms with van der Waals surface area (Å²) < 4.78 is 0. The van der Waals surface area contributed by atoms with Crippen LogP contribution in [-0.4, -0.2) is 25.6 Å². The standard InChI is InChI=1S/C16H24N4/c1-2-10-18-16(17)19-13-14-8-4-5-9-15(14)20-11-6-3-7-12-20/h2,4-5,8-9H,1,3,6-7,10-13H2,(H3,17,18,19). The second-order valence-corrected chi connectivity index (χ2v) is 5.05. The van der Waals surface area contributed by atoms with Gasteiger partial charge in [-0.3, -0.25) is 0 Å². The SMILES string of the molecule is C=CCNC(N)=NCc1ccccc1N1CCCCC1. The lowest BCUT2D eigenvalue weighted by Gasteiger charge is -2.30. The van der Waals surface area contributed by atoms with Gasteiger partial charge in [-0.05, 0) is 30.9 Å². The summed E-state index contributed by atoms with van der Waals surface area (Å²) in [4.78, 5) is 6.86. The Morgan fingerprint density at radius 2 is 2.05 bits per heavy atom. The highest BCUT2D eigenvalue weighted by molar-refractivity contribution is 5.78. The molecule has 0 atom stereocenters. The zero-order valence-electron chi connectivity index (χ0n) is 12.0. The van der Waals surface area contributed by atoms with Crippen LogP contribution in [0.2, 0.25) is 0 Å². The normalized spacial score (nSPS) is 16.0. The average molecular weight is 272 g/mol. The maximum Gasteiger partial charge on any atom is 0.189 e. The number of hydrogen-bond donors (Lipinski definition) is 2. The summed E-state index contributed by atoms with van der Waals surface area (Å²) in [7, 11) is 0. The number of nitrogens with zero attached hydrogens (tertiary/aromatic N) is 2. The Hall–Kier alpha value is -1.97. The van der Waals surface area contributed by atoms with Gasteiger partial charge < -0.3 is 16.0 Å². The van der Waals surface area contributed by atoms with Gasteiger partial charge in [0, 0.05) is 25.3 Å². The average Bonchev–Trinajstić information content (AvgIpc) is 2.52. The molecule has 4 nitrogen and oxygen atoms in total. The van der Waals surface area contributed by atoms with E-state index in [1.54, 1.807) is 6.08 Å². The first-order valence-corrected chi connectivity index (χ1v) is 7.29. The Balaban J connectivity index is 2.05. The molecule has 1 saturated heterocycles. The highest BCUT2D eigenvalue weighted by Crippen LogP contribution is 2.24. The summed E-state index contributed by atoms with van der Waals surface area (Å²) in [6.45, 7) is 7.19. The Morgan fingerprint density at radius 1 is 1.30 bits per heavy atom. The molecule has 0 saturated carbocycles. The number of anilines is 1. The van der Waals surface area contributed by atoms with E-state index in [2.05, 4.69) is 46.1 Å². The van der Waals surface area contributed by atoms with Crippen LogP contribution >= 0.6 is 0 Å². The van der Waals surface area contributed by atoms with Gasteiger partial charge in [-0.15, -0.1) is 6.58 Å². The second-order valence-electron chi connectivity index (χ2n) is 5.05. The fourth-order valence-corrected chi connectivity index (χ4v) is 2.49. The van der Waals surface area contributed by atoms with Crippen LogP contribution in [0.4, 0.5) is 5.69 Å². The molecule has 1 aliphatic rings. The molecule has 0 amide bonds. The first-order valence-electron chi connectivity index (χ1n) is 7.29. The van der Waals surface area contributed by atoms with Gasteiger partial charge in [0.1, 0.15) is 0 Å². The molecule has 4 heteroatoms. The van der Waals surface area contributed by atoms with Crippen molar-refractivity contribution in [2.75, 3.05) is 24.5 Å². The molecule has 3 N–H and O–H groups in total.